The number of rotatable bonds is 3. The molecule has 0 aromatic heterocycles. The van der Waals surface area contributed by atoms with Gasteiger partial charge in [0.15, 0.2) is 11.5 Å². The fourth-order valence-corrected chi connectivity index (χ4v) is 4.24. The summed E-state index contributed by atoms with van der Waals surface area (Å²) in [6.45, 7) is 5.49. The van der Waals surface area contributed by atoms with Gasteiger partial charge in [0.1, 0.15) is 13.2 Å². The molecule has 2 amide bonds. The molecule has 3 aliphatic heterocycles. The number of carbonyl (C=O) groups excluding carboxylic acids is 1. The van der Waals surface area contributed by atoms with Gasteiger partial charge in [0.05, 0.1) is 5.02 Å². The molecule has 0 radical (unpaired) electrons. The van der Waals surface area contributed by atoms with Gasteiger partial charge >= 0.3 is 6.03 Å². The Labute approximate surface area is 152 Å². The number of urea groups is 1. The van der Waals surface area contributed by atoms with E-state index >= 15 is 0 Å². The van der Waals surface area contributed by atoms with Gasteiger partial charge in [-0.2, -0.15) is 0 Å². The highest BCUT2D eigenvalue weighted by Crippen LogP contribution is 2.38. The van der Waals surface area contributed by atoms with Gasteiger partial charge in [-0.3, -0.25) is 0 Å². The Morgan fingerprint density at radius 2 is 2.12 bits per heavy atom. The summed E-state index contributed by atoms with van der Waals surface area (Å²) >= 11 is 6.26. The number of ether oxygens (including phenoxy) is 2. The van der Waals surface area contributed by atoms with Gasteiger partial charge in [0.25, 0.3) is 0 Å². The number of fused-ring (bicyclic) bond motifs is 2. The standard InChI is InChI=1S/C18H24ClN3O3/c19-15-7-12(8-16-17(15)25-6-5-24-16)1-3-21-18(23)22-4-2-13-9-20-10-14(13)11-22/h7-8,13-14,20H,1-6,9-11H2,(H,21,23)/t13-,14-/m1/s1. The van der Waals surface area contributed by atoms with Crippen LogP contribution in [0.2, 0.25) is 5.02 Å². The number of carbonyl (C=O) groups is 1. The number of nitrogens with zero attached hydrogens (tertiary/aromatic N) is 1. The van der Waals surface area contributed by atoms with Crippen LogP contribution in [0.1, 0.15) is 12.0 Å². The van der Waals surface area contributed by atoms with Crippen molar-refractivity contribution in [2.24, 2.45) is 11.8 Å². The Bertz CT molecular complexity index is 655. The molecular weight excluding hydrogens is 342 g/mol. The van der Waals surface area contributed by atoms with E-state index in [0.29, 0.717) is 48.6 Å². The molecule has 0 spiro atoms. The molecule has 3 heterocycles. The number of piperidine rings is 1. The van der Waals surface area contributed by atoms with Crippen LogP contribution in [-0.2, 0) is 6.42 Å². The molecule has 2 N–H and O–H groups in total. The Balaban J connectivity index is 1.29. The van der Waals surface area contributed by atoms with Crippen LogP contribution in [0.25, 0.3) is 0 Å². The molecular formula is C18H24ClN3O3. The molecule has 7 heteroatoms. The highest BCUT2D eigenvalue weighted by atomic mass is 35.5. The lowest BCUT2D eigenvalue weighted by Crippen LogP contribution is -2.48. The molecule has 136 valence electrons. The van der Waals surface area contributed by atoms with E-state index in [1.807, 2.05) is 17.0 Å². The number of halogens is 1. The van der Waals surface area contributed by atoms with Gasteiger partial charge in [-0.15, -0.1) is 0 Å². The van der Waals surface area contributed by atoms with Gasteiger partial charge in [-0.05, 0) is 55.5 Å². The summed E-state index contributed by atoms with van der Waals surface area (Å²) in [5.74, 6) is 2.66. The first-order valence-corrected chi connectivity index (χ1v) is 9.40. The predicted octanol–water partition coefficient (Wildman–Crippen LogP) is 1.90. The summed E-state index contributed by atoms with van der Waals surface area (Å²) in [6, 6.07) is 3.87. The van der Waals surface area contributed by atoms with Crippen molar-refractivity contribution in [2.45, 2.75) is 12.8 Å². The first-order chi connectivity index (χ1) is 12.2. The van der Waals surface area contributed by atoms with Crippen LogP contribution in [0.3, 0.4) is 0 Å². The number of nitrogens with one attached hydrogen (secondary N) is 2. The zero-order valence-electron chi connectivity index (χ0n) is 14.2. The fraction of sp³-hybridized carbons (Fsp3) is 0.611. The van der Waals surface area contributed by atoms with Gasteiger partial charge in [0.2, 0.25) is 0 Å². The van der Waals surface area contributed by atoms with Crippen molar-refractivity contribution in [3.05, 3.63) is 22.7 Å². The van der Waals surface area contributed by atoms with E-state index in [1.165, 1.54) is 0 Å². The SMILES string of the molecule is O=C(NCCc1cc(Cl)c2c(c1)OCCO2)N1CC[C@@H]2CNC[C@@H]2C1. The normalized spacial score (nSPS) is 24.8. The van der Waals surface area contributed by atoms with E-state index in [9.17, 15) is 4.79 Å². The van der Waals surface area contributed by atoms with Crippen LogP contribution in [0.4, 0.5) is 4.79 Å². The smallest absolute Gasteiger partial charge is 0.317 e. The molecule has 4 rings (SSSR count). The van der Waals surface area contributed by atoms with Crippen LogP contribution in [0, 0.1) is 11.8 Å². The Kier molecular flexibility index (Phi) is 4.90. The largest absolute Gasteiger partial charge is 0.486 e. The predicted molar refractivity (Wildman–Crippen MR) is 95.6 cm³/mol. The summed E-state index contributed by atoms with van der Waals surface area (Å²) in [5, 5.41) is 7.02. The van der Waals surface area contributed by atoms with Gasteiger partial charge in [0, 0.05) is 19.6 Å². The van der Waals surface area contributed by atoms with Crippen LogP contribution in [-0.4, -0.2) is 56.9 Å². The van der Waals surface area contributed by atoms with Crippen LogP contribution in [0.5, 0.6) is 11.5 Å². The highest BCUT2D eigenvalue weighted by molar-refractivity contribution is 6.32. The Morgan fingerprint density at radius 3 is 3.04 bits per heavy atom. The lowest BCUT2D eigenvalue weighted by atomic mass is 9.89. The minimum absolute atomic E-state index is 0.0361. The molecule has 1 aromatic carbocycles. The van der Waals surface area contributed by atoms with E-state index in [4.69, 9.17) is 21.1 Å². The van der Waals surface area contributed by atoms with Crippen molar-refractivity contribution in [1.29, 1.82) is 0 Å². The summed E-state index contributed by atoms with van der Waals surface area (Å²) < 4.78 is 11.1. The summed E-state index contributed by atoms with van der Waals surface area (Å²) in [7, 11) is 0. The number of benzene rings is 1. The van der Waals surface area contributed by atoms with Crippen molar-refractivity contribution in [2.75, 3.05) is 45.9 Å². The topological polar surface area (TPSA) is 62.8 Å². The summed E-state index contributed by atoms with van der Waals surface area (Å²) in [6.07, 6.45) is 1.81. The molecule has 2 saturated heterocycles. The van der Waals surface area contributed by atoms with Crippen molar-refractivity contribution < 1.29 is 14.3 Å². The highest BCUT2D eigenvalue weighted by Gasteiger charge is 2.34. The monoisotopic (exact) mass is 365 g/mol. The third-order valence-electron chi connectivity index (χ3n) is 5.34. The summed E-state index contributed by atoms with van der Waals surface area (Å²) in [4.78, 5) is 14.3. The number of hydrogen-bond acceptors (Lipinski definition) is 4. The number of amides is 2. The maximum atomic E-state index is 12.4. The second-order valence-corrected chi connectivity index (χ2v) is 7.40. The first kappa shape index (κ1) is 16.8. The molecule has 3 aliphatic rings. The fourth-order valence-electron chi connectivity index (χ4n) is 3.95. The van der Waals surface area contributed by atoms with E-state index < -0.39 is 0 Å². The van der Waals surface area contributed by atoms with Crippen LogP contribution >= 0.6 is 11.6 Å². The molecule has 6 nitrogen and oxygen atoms in total. The molecule has 0 unspecified atom stereocenters. The molecule has 2 atom stereocenters. The third-order valence-corrected chi connectivity index (χ3v) is 5.62. The summed E-state index contributed by atoms with van der Waals surface area (Å²) in [5.41, 5.74) is 1.04. The van der Waals surface area contributed by atoms with Crippen molar-refractivity contribution in [3.8, 4) is 11.5 Å². The average molecular weight is 366 g/mol. The van der Waals surface area contributed by atoms with Crippen LogP contribution in [0.15, 0.2) is 12.1 Å². The Hall–Kier alpha value is -1.66. The zero-order chi connectivity index (χ0) is 17.2. The van der Waals surface area contributed by atoms with E-state index in [2.05, 4.69) is 10.6 Å². The quantitative estimate of drug-likeness (QED) is 0.858. The lowest BCUT2D eigenvalue weighted by Gasteiger charge is -2.34. The molecule has 0 bridgehead atoms. The minimum Gasteiger partial charge on any atom is -0.486 e. The van der Waals surface area contributed by atoms with E-state index in [-0.39, 0.29) is 6.03 Å². The van der Waals surface area contributed by atoms with Gasteiger partial charge in [-0.25, -0.2) is 4.79 Å². The molecule has 2 fully saturated rings. The van der Waals surface area contributed by atoms with Gasteiger partial charge in [-0.1, -0.05) is 11.6 Å². The molecule has 0 aliphatic carbocycles. The van der Waals surface area contributed by atoms with E-state index in [1.54, 1.807) is 0 Å². The molecule has 25 heavy (non-hydrogen) atoms. The maximum Gasteiger partial charge on any atom is 0.317 e. The second-order valence-electron chi connectivity index (χ2n) is 7.00. The zero-order valence-corrected chi connectivity index (χ0v) is 15.0. The van der Waals surface area contributed by atoms with Crippen molar-refractivity contribution >= 4 is 17.6 Å². The van der Waals surface area contributed by atoms with Gasteiger partial charge < -0.3 is 25.0 Å². The number of likely N-dealkylation sites (tertiary alicyclic amines) is 1. The first-order valence-electron chi connectivity index (χ1n) is 9.02. The second kappa shape index (κ2) is 7.30. The van der Waals surface area contributed by atoms with Crippen molar-refractivity contribution in [1.82, 2.24) is 15.5 Å². The van der Waals surface area contributed by atoms with Crippen molar-refractivity contribution in [3.63, 3.8) is 0 Å². The minimum atomic E-state index is 0.0361. The van der Waals surface area contributed by atoms with E-state index in [0.717, 1.165) is 44.1 Å². The number of hydrogen-bond donors (Lipinski definition) is 2. The maximum absolute atomic E-state index is 12.4. The molecule has 0 saturated carbocycles. The average Bonchev–Trinajstić information content (AvgIpc) is 3.09. The lowest BCUT2D eigenvalue weighted by molar-refractivity contribution is 0.151. The third kappa shape index (κ3) is 3.65. The van der Waals surface area contributed by atoms with Crippen LogP contribution < -0.4 is 20.1 Å². The Morgan fingerprint density at radius 1 is 1.28 bits per heavy atom. The molecule has 1 aromatic rings.